The Bertz CT molecular complexity index is 2470. The Morgan fingerprint density at radius 1 is 0.386 bits per heavy atom. The van der Waals surface area contributed by atoms with Gasteiger partial charge in [0.2, 0.25) is 0 Å². The highest BCUT2D eigenvalue weighted by Gasteiger charge is 2.18. The maximum absolute atomic E-state index is 2.41. The molecule has 0 saturated carbocycles. The summed E-state index contributed by atoms with van der Waals surface area (Å²) in [7, 11) is 0. The Morgan fingerprint density at radius 3 is 1.75 bits per heavy atom. The molecule has 0 N–H and O–H groups in total. The quantitative estimate of drug-likeness (QED) is 0.183. The molecule has 8 aromatic carbocycles. The monoisotopic (exact) mass is 576 g/mol. The van der Waals surface area contributed by atoms with E-state index < -0.39 is 0 Å². The van der Waals surface area contributed by atoms with Crippen molar-refractivity contribution in [2.24, 2.45) is 0 Å². The smallest absolute Gasteiger partial charge is 0.0355 e. The fourth-order valence-corrected chi connectivity index (χ4v) is 8.28. The summed E-state index contributed by atoms with van der Waals surface area (Å²) >= 11 is 1.88. The summed E-state index contributed by atoms with van der Waals surface area (Å²) < 4.78 is 2.68. The average molecular weight is 577 g/mol. The van der Waals surface area contributed by atoms with Crippen LogP contribution in [0.3, 0.4) is 0 Å². The van der Waals surface area contributed by atoms with Gasteiger partial charge in [0, 0.05) is 20.2 Å². The Labute approximate surface area is 260 Å². The van der Waals surface area contributed by atoms with E-state index in [1.54, 1.807) is 0 Å². The Hall–Kier alpha value is -5.24. The SMILES string of the molecule is c1ccc(-c2cccc3ccccc23)c(Cc2c3ccccc3c(-c3ccc4sc5ccccc5c4c3)c3ccccc23)c1. The molecular formula is C43H28S. The van der Waals surface area contributed by atoms with E-state index in [0.29, 0.717) is 0 Å². The van der Waals surface area contributed by atoms with Crippen molar-refractivity contribution in [2.45, 2.75) is 6.42 Å². The van der Waals surface area contributed by atoms with Gasteiger partial charge in [-0.1, -0.05) is 140 Å². The van der Waals surface area contributed by atoms with Crippen molar-refractivity contribution < 1.29 is 0 Å². The molecule has 0 aliphatic carbocycles. The molecule has 0 aliphatic heterocycles. The van der Waals surface area contributed by atoms with Gasteiger partial charge in [-0.2, -0.15) is 0 Å². The standard InChI is InChI=1S/C43H28S/c1-3-15-31-28(12-1)14-11-22-33(31)32-16-4-2-13-29(32)26-39-34-17-5-7-20-37(34)43(38-21-8-6-18-35(38)39)30-24-25-42-40(27-30)36-19-9-10-23-41(36)44-42/h1-25,27H,26H2. The highest BCUT2D eigenvalue weighted by atomic mass is 32.1. The van der Waals surface area contributed by atoms with Gasteiger partial charge >= 0.3 is 0 Å². The van der Waals surface area contributed by atoms with Crippen LogP contribution in [0.5, 0.6) is 0 Å². The van der Waals surface area contributed by atoms with Crippen LogP contribution in [0, 0.1) is 0 Å². The van der Waals surface area contributed by atoms with Crippen molar-refractivity contribution in [1.82, 2.24) is 0 Å². The summed E-state index contributed by atoms with van der Waals surface area (Å²) in [6.45, 7) is 0. The molecule has 1 aromatic heterocycles. The lowest BCUT2D eigenvalue weighted by Crippen LogP contribution is -1.97. The average Bonchev–Trinajstić information content (AvgIpc) is 3.46. The predicted molar refractivity (Wildman–Crippen MR) is 192 cm³/mol. The van der Waals surface area contributed by atoms with E-state index in [1.165, 1.54) is 85.9 Å². The molecule has 0 amide bonds. The van der Waals surface area contributed by atoms with E-state index in [9.17, 15) is 0 Å². The third-order valence-corrected chi connectivity index (χ3v) is 10.3. The molecule has 0 nitrogen and oxygen atoms in total. The maximum Gasteiger partial charge on any atom is 0.0355 e. The van der Waals surface area contributed by atoms with Crippen LogP contribution in [0.15, 0.2) is 158 Å². The minimum absolute atomic E-state index is 0.856. The number of hydrogen-bond donors (Lipinski definition) is 0. The summed E-state index contributed by atoms with van der Waals surface area (Å²) in [5.41, 5.74) is 7.92. The summed E-state index contributed by atoms with van der Waals surface area (Å²) in [6.07, 6.45) is 0.856. The molecule has 9 aromatic rings. The van der Waals surface area contributed by atoms with Crippen molar-refractivity contribution in [3.05, 3.63) is 169 Å². The van der Waals surface area contributed by atoms with Gasteiger partial charge in [0.25, 0.3) is 0 Å². The Balaban J connectivity index is 1.28. The van der Waals surface area contributed by atoms with Crippen LogP contribution in [0.2, 0.25) is 0 Å². The number of rotatable bonds is 4. The molecule has 0 atom stereocenters. The predicted octanol–water partition coefficient (Wildman–Crippen LogP) is 12.4. The molecule has 0 aliphatic rings. The second-order valence-corrected chi connectivity index (χ2v) is 12.7. The van der Waals surface area contributed by atoms with Gasteiger partial charge in [0.1, 0.15) is 0 Å². The highest BCUT2D eigenvalue weighted by molar-refractivity contribution is 7.25. The molecule has 206 valence electrons. The van der Waals surface area contributed by atoms with Gasteiger partial charge in [0.15, 0.2) is 0 Å². The normalized spacial score (nSPS) is 11.7. The van der Waals surface area contributed by atoms with Gasteiger partial charge in [-0.3, -0.25) is 0 Å². The number of hydrogen-bond acceptors (Lipinski definition) is 1. The van der Waals surface area contributed by atoms with Crippen LogP contribution < -0.4 is 0 Å². The first-order valence-electron chi connectivity index (χ1n) is 15.2. The lowest BCUT2D eigenvalue weighted by atomic mass is 9.84. The third-order valence-electron chi connectivity index (χ3n) is 9.17. The molecule has 0 radical (unpaired) electrons. The fraction of sp³-hybridized carbons (Fsp3) is 0.0233. The van der Waals surface area contributed by atoms with E-state index in [4.69, 9.17) is 0 Å². The zero-order chi connectivity index (χ0) is 29.0. The van der Waals surface area contributed by atoms with Gasteiger partial charge in [-0.15, -0.1) is 11.3 Å². The van der Waals surface area contributed by atoms with Gasteiger partial charge in [-0.05, 0) is 90.3 Å². The molecule has 0 bridgehead atoms. The van der Waals surface area contributed by atoms with Crippen LogP contribution in [0.1, 0.15) is 11.1 Å². The van der Waals surface area contributed by atoms with Crippen LogP contribution >= 0.6 is 11.3 Å². The summed E-state index contributed by atoms with van der Waals surface area (Å²) in [6, 6.07) is 58.2. The summed E-state index contributed by atoms with van der Waals surface area (Å²) in [4.78, 5) is 0. The van der Waals surface area contributed by atoms with E-state index >= 15 is 0 Å². The molecule has 9 rings (SSSR count). The van der Waals surface area contributed by atoms with Gasteiger partial charge < -0.3 is 0 Å². The molecule has 44 heavy (non-hydrogen) atoms. The van der Waals surface area contributed by atoms with Crippen molar-refractivity contribution in [3.8, 4) is 22.3 Å². The number of fused-ring (bicyclic) bond motifs is 6. The van der Waals surface area contributed by atoms with Crippen LogP contribution in [0.25, 0.3) is 74.7 Å². The van der Waals surface area contributed by atoms with Crippen molar-refractivity contribution >= 4 is 63.8 Å². The topological polar surface area (TPSA) is 0 Å². The molecule has 0 fully saturated rings. The van der Waals surface area contributed by atoms with Crippen LogP contribution in [-0.2, 0) is 6.42 Å². The number of thiophene rings is 1. The molecule has 0 saturated heterocycles. The van der Waals surface area contributed by atoms with Crippen molar-refractivity contribution in [2.75, 3.05) is 0 Å². The Kier molecular flexibility index (Phi) is 5.85. The van der Waals surface area contributed by atoms with E-state index in [2.05, 4.69) is 158 Å². The van der Waals surface area contributed by atoms with Gasteiger partial charge in [-0.25, -0.2) is 0 Å². The summed E-state index contributed by atoms with van der Waals surface area (Å²) in [5, 5.41) is 10.5. The molecule has 0 unspecified atom stereocenters. The molecular weight excluding hydrogens is 549 g/mol. The Morgan fingerprint density at radius 2 is 0.955 bits per heavy atom. The first kappa shape index (κ1) is 25.3. The fourth-order valence-electron chi connectivity index (χ4n) is 7.19. The zero-order valence-corrected chi connectivity index (χ0v) is 24.9. The minimum atomic E-state index is 0.856. The lowest BCUT2D eigenvalue weighted by Gasteiger charge is -2.19. The molecule has 0 spiro atoms. The third kappa shape index (κ3) is 3.97. The van der Waals surface area contributed by atoms with Crippen molar-refractivity contribution in [3.63, 3.8) is 0 Å². The molecule has 1 heteroatoms. The highest BCUT2D eigenvalue weighted by Crippen LogP contribution is 2.43. The lowest BCUT2D eigenvalue weighted by molar-refractivity contribution is 1.23. The second-order valence-electron chi connectivity index (χ2n) is 11.6. The first-order chi connectivity index (χ1) is 21.8. The van der Waals surface area contributed by atoms with Crippen LogP contribution in [-0.4, -0.2) is 0 Å². The van der Waals surface area contributed by atoms with E-state index in [0.717, 1.165) is 6.42 Å². The second kappa shape index (κ2) is 10.2. The minimum Gasteiger partial charge on any atom is -0.135 e. The molecule has 1 heterocycles. The van der Waals surface area contributed by atoms with E-state index in [1.807, 2.05) is 11.3 Å². The zero-order valence-electron chi connectivity index (χ0n) is 24.1. The van der Waals surface area contributed by atoms with Crippen molar-refractivity contribution in [1.29, 1.82) is 0 Å². The maximum atomic E-state index is 2.41. The van der Waals surface area contributed by atoms with E-state index in [-0.39, 0.29) is 0 Å². The first-order valence-corrected chi connectivity index (χ1v) is 16.1. The van der Waals surface area contributed by atoms with Crippen LogP contribution in [0.4, 0.5) is 0 Å². The summed E-state index contributed by atoms with van der Waals surface area (Å²) in [5.74, 6) is 0. The number of benzene rings is 8. The largest absolute Gasteiger partial charge is 0.135 e. The van der Waals surface area contributed by atoms with Gasteiger partial charge in [0.05, 0.1) is 0 Å².